The highest BCUT2D eigenvalue weighted by atomic mass is 31.2. The van der Waals surface area contributed by atoms with Gasteiger partial charge in [0.1, 0.15) is 0 Å². The first-order chi connectivity index (χ1) is 10.7. The van der Waals surface area contributed by atoms with E-state index < -0.39 is 21.7 Å². The molecule has 1 atom stereocenters. The molecule has 0 saturated heterocycles. The average Bonchev–Trinajstić information content (AvgIpc) is 2.44. The predicted molar refractivity (Wildman–Crippen MR) is 96.9 cm³/mol. The molecule has 0 saturated carbocycles. The first kappa shape index (κ1) is 20.3. The Bertz CT molecular complexity index is 547. The van der Waals surface area contributed by atoms with Gasteiger partial charge in [-0.1, -0.05) is 30.3 Å². The molecule has 0 bridgehead atoms. The SMILES string of the molecule is CCOP(=NC(C)=O)(OCC)C(O[Si](C)(C)C)c1ccccc1. The Morgan fingerprint density at radius 1 is 1.13 bits per heavy atom. The fourth-order valence-corrected chi connectivity index (χ4v) is 6.66. The van der Waals surface area contributed by atoms with E-state index in [0.29, 0.717) is 13.2 Å². The number of carbonyl (C=O) groups is 1. The molecular weight excluding hydrogens is 329 g/mol. The number of nitrogens with zero attached hydrogens (tertiary/aromatic N) is 1. The Morgan fingerprint density at radius 2 is 1.65 bits per heavy atom. The summed E-state index contributed by atoms with van der Waals surface area (Å²) in [6, 6.07) is 9.76. The third-order valence-corrected chi connectivity index (χ3v) is 6.71. The molecule has 23 heavy (non-hydrogen) atoms. The van der Waals surface area contributed by atoms with E-state index in [9.17, 15) is 4.79 Å². The lowest BCUT2D eigenvalue weighted by Gasteiger charge is -2.35. The molecule has 0 aromatic heterocycles. The quantitative estimate of drug-likeness (QED) is 0.475. The summed E-state index contributed by atoms with van der Waals surface area (Å²) in [5.41, 5.74) is 0.926. The number of amides is 1. The molecule has 1 amide bonds. The Hall–Kier alpha value is -0.783. The zero-order valence-electron chi connectivity index (χ0n) is 14.9. The highest BCUT2D eigenvalue weighted by molar-refractivity contribution is 7.57. The van der Waals surface area contributed by atoms with Gasteiger partial charge in [0.15, 0.2) is 14.2 Å². The van der Waals surface area contributed by atoms with E-state index in [4.69, 9.17) is 13.5 Å². The van der Waals surface area contributed by atoms with Gasteiger partial charge in [-0.05, 0) is 39.1 Å². The van der Waals surface area contributed by atoms with E-state index in [0.717, 1.165) is 5.56 Å². The molecule has 0 fully saturated rings. The van der Waals surface area contributed by atoms with Crippen LogP contribution in [0.1, 0.15) is 32.2 Å². The Morgan fingerprint density at radius 3 is 2.04 bits per heavy atom. The lowest BCUT2D eigenvalue weighted by atomic mass is 10.2. The molecule has 0 aliphatic heterocycles. The van der Waals surface area contributed by atoms with Crippen molar-refractivity contribution in [3.63, 3.8) is 0 Å². The summed E-state index contributed by atoms with van der Waals surface area (Å²) in [5.74, 6) is -0.792. The van der Waals surface area contributed by atoms with Crippen molar-refractivity contribution in [2.24, 2.45) is 4.74 Å². The standard InChI is InChI=1S/C16H28NO4PSi/c1-7-19-22(20-8-2,17-14(3)18)16(21-23(4,5)6)15-12-10-9-11-13-15/h9-13,16H,7-8H2,1-6H3. The zero-order valence-corrected chi connectivity index (χ0v) is 16.8. The molecule has 0 heterocycles. The van der Waals surface area contributed by atoms with Gasteiger partial charge in [0, 0.05) is 6.92 Å². The smallest absolute Gasteiger partial charge is 0.252 e. The number of rotatable bonds is 8. The molecule has 130 valence electrons. The Kier molecular flexibility index (Phi) is 7.84. The van der Waals surface area contributed by atoms with Crippen molar-refractivity contribution in [1.82, 2.24) is 0 Å². The number of carbonyl (C=O) groups excluding carboxylic acids is 1. The van der Waals surface area contributed by atoms with Gasteiger partial charge in [0.05, 0.1) is 13.2 Å². The highest BCUT2D eigenvalue weighted by Gasteiger charge is 2.39. The van der Waals surface area contributed by atoms with E-state index in [1.165, 1.54) is 6.92 Å². The van der Waals surface area contributed by atoms with Crippen LogP contribution in [0.25, 0.3) is 0 Å². The average molecular weight is 357 g/mol. The van der Waals surface area contributed by atoms with Gasteiger partial charge in [-0.3, -0.25) is 4.79 Å². The van der Waals surface area contributed by atoms with Crippen LogP contribution < -0.4 is 0 Å². The van der Waals surface area contributed by atoms with Crippen LogP contribution in [-0.4, -0.2) is 27.4 Å². The van der Waals surface area contributed by atoms with Crippen molar-refractivity contribution >= 4 is 21.7 Å². The third kappa shape index (κ3) is 6.32. The summed E-state index contributed by atoms with van der Waals surface area (Å²) >= 11 is 0. The van der Waals surface area contributed by atoms with Gasteiger partial charge in [0.25, 0.3) is 7.51 Å². The van der Waals surface area contributed by atoms with Crippen molar-refractivity contribution in [2.45, 2.75) is 46.3 Å². The van der Waals surface area contributed by atoms with E-state index in [1.54, 1.807) is 0 Å². The molecule has 1 aromatic carbocycles. The van der Waals surface area contributed by atoms with E-state index in [1.807, 2.05) is 44.2 Å². The molecule has 0 radical (unpaired) electrons. The monoisotopic (exact) mass is 357 g/mol. The number of benzene rings is 1. The van der Waals surface area contributed by atoms with E-state index in [2.05, 4.69) is 24.4 Å². The van der Waals surface area contributed by atoms with E-state index >= 15 is 0 Å². The van der Waals surface area contributed by atoms with Crippen LogP contribution >= 0.6 is 7.51 Å². The molecule has 1 unspecified atom stereocenters. The number of hydrogen-bond donors (Lipinski definition) is 0. The molecule has 0 N–H and O–H groups in total. The largest absolute Gasteiger partial charge is 0.402 e. The maximum atomic E-state index is 11.8. The van der Waals surface area contributed by atoms with Crippen molar-refractivity contribution in [3.05, 3.63) is 35.9 Å². The van der Waals surface area contributed by atoms with Crippen molar-refractivity contribution in [3.8, 4) is 0 Å². The molecule has 1 rings (SSSR count). The van der Waals surface area contributed by atoms with Crippen LogP contribution in [0.2, 0.25) is 19.6 Å². The summed E-state index contributed by atoms with van der Waals surface area (Å²) in [7, 11) is -4.82. The van der Waals surface area contributed by atoms with Crippen molar-refractivity contribution in [1.29, 1.82) is 0 Å². The first-order valence-corrected chi connectivity index (χ1v) is 12.9. The minimum atomic E-state index is -2.89. The number of hydrogen-bond acceptors (Lipinski definition) is 4. The van der Waals surface area contributed by atoms with Gasteiger partial charge >= 0.3 is 0 Å². The van der Waals surface area contributed by atoms with Crippen LogP contribution in [0, 0.1) is 0 Å². The van der Waals surface area contributed by atoms with Crippen LogP contribution in [0.4, 0.5) is 0 Å². The van der Waals surface area contributed by atoms with Gasteiger partial charge < -0.3 is 13.5 Å². The summed E-state index contributed by atoms with van der Waals surface area (Å²) in [4.78, 5) is 11.8. The molecule has 0 aliphatic rings. The molecule has 5 nitrogen and oxygen atoms in total. The molecule has 0 spiro atoms. The molecule has 1 aromatic rings. The summed E-state index contributed by atoms with van der Waals surface area (Å²) in [6.07, 6.45) is 0. The first-order valence-electron chi connectivity index (χ1n) is 7.88. The summed E-state index contributed by atoms with van der Waals surface area (Å²) in [6.45, 7) is 12.3. The lowest BCUT2D eigenvalue weighted by Crippen LogP contribution is -2.29. The normalized spacial score (nSPS) is 13.7. The van der Waals surface area contributed by atoms with Crippen LogP contribution in [0.5, 0.6) is 0 Å². The van der Waals surface area contributed by atoms with Gasteiger partial charge in [0.2, 0.25) is 5.91 Å². The molecular formula is C16H28NO4PSi. The third-order valence-electron chi connectivity index (χ3n) is 2.75. The summed E-state index contributed by atoms with van der Waals surface area (Å²) < 4.78 is 22.5. The van der Waals surface area contributed by atoms with Crippen LogP contribution in [-0.2, 0) is 18.3 Å². The van der Waals surface area contributed by atoms with Crippen LogP contribution in [0.3, 0.4) is 0 Å². The fraction of sp³-hybridized carbons (Fsp3) is 0.562. The van der Waals surface area contributed by atoms with Crippen molar-refractivity contribution < 1.29 is 18.3 Å². The summed E-state index contributed by atoms with van der Waals surface area (Å²) in [5, 5.41) is 0. The van der Waals surface area contributed by atoms with Crippen LogP contribution in [0.15, 0.2) is 35.1 Å². The Balaban J connectivity index is 3.51. The predicted octanol–water partition coefficient (Wildman–Crippen LogP) is 5.19. The maximum Gasteiger partial charge on any atom is 0.252 e. The lowest BCUT2D eigenvalue weighted by molar-refractivity contribution is -0.115. The second-order valence-corrected chi connectivity index (χ2v) is 12.8. The fourth-order valence-electron chi connectivity index (χ4n) is 2.12. The van der Waals surface area contributed by atoms with Gasteiger partial charge in [-0.15, -0.1) is 0 Å². The Labute approximate surface area is 140 Å². The minimum Gasteiger partial charge on any atom is -0.402 e. The van der Waals surface area contributed by atoms with Gasteiger partial charge in [-0.2, -0.15) is 4.74 Å². The van der Waals surface area contributed by atoms with E-state index in [-0.39, 0.29) is 5.91 Å². The van der Waals surface area contributed by atoms with Gasteiger partial charge in [-0.25, -0.2) is 0 Å². The second kappa shape index (κ2) is 8.90. The topological polar surface area (TPSA) is 57.1 Å². The zero-order chi connectivity index (χ0) is 17.5. The second-order valence-electron chi connectivity index (χ2n) is 6.01. The minimum absolute atomic E-state index is 0.305. The van der Waals surface area contributed by atoms with Crippen molar-refractivity contribution in [2.75, 3.05) is 13.2 Å². The highest BCUT2D eigenvalue weighted by Crippen LogP contribution is 2.65. The molecule has 7 heteroatoms. The maximum absolute atomic E-state index is 11.8. The molecule has 0 aliphatic carbocycles.